The Hall–Kier alpha value is -2.79. The van der Waals surface area contributed by atoms with E-state index in [1.165, 1.54) is 11.0 Å². The number of ether oxygens (including phenoxy) is 1. The predicted molar refractivity (Wildman–Crippen MR) is 77.2 cm³/mol. The molecule has 3 rings (SSSR count). The zero-order chi connectivity index (χ0) is 15.7. The van der Waals surface area contributed by atoms with Gasteiger partial charge in [0.2, 0.25) is 0 Å². The summed E-state index contributed by atoms with van der Waals surface area (Å²) in [7, 11) is 0. The molecule has 0 radical (unpaired) electrons. The van der Waals surface area contributed by atoms with E-state index in [9.17, 15) is 9.59 Å². The van der Waals surface area contributed by atoms with Gasteiger partial charge in [-0.3, -0.25) is 4.79 Å². The number of carbonyl (C=O) groups excluding carboxylic acids is 2. The Morgan fingerprint density at radius 2 is 2.09 bits per heavy atom. The summed E-state index contributed by atoms with van der Waals surface area (Å²) in [6.07, 6.45) is 1.75. The molecule has 0 aromatic heterocycles. The van der Waals surface area contributed by atoms with Crippen LogP contribution < -0.4 is 0 Å². The van der Waals surface area contributed by atoms with Crippen molar-refractivity contribution in [2.45, 2.75) is 24.9 Å². The number of azide groups is 1. The molecule has 112 valence electrons. The van der Waals surface area contributed by atoms with Gasteiger partial charge in [-0.15, -0.1) is 0 Å². The van der Waals surface area contributed by atoms with Crippen LogP contribution in [0.1, 0.15) is 24.9 Å². The minimum Gasteiger partial charge on any atom is -0.461 e. The maximum atomic E-state index is 12.7. The first-order valence-electron chi connectivity index (χ1n) is 6.89. The van der Waals surface area contributed by atoms with Gasteiger partial charge in [0.05, 0.1) is 11.7 Å². The molecular weight excluding hydrogens is 284 g/mol. The molecule has 2 heterocycles. The van der Waals surface area contributed by atoms with Crippen molar-refractivity contribution < 1.29 is 14.3 Å². The zero-order valence-corrected chi connectivity index (χ0v) is 12.0. The smallest absolute Gasteiger partial charge is 0.332 e. The number of rotatable bonds is 2. The molecule has 22 heavy (non-hydrogen) atoms. The van der Waals surface area contributed by atoms with Crippen molar-refractivity contribution in [1.82, 2.24) is 4.90 Å². The maximum absolute atomic E-state index is 12.7. The van der Waals surface area contributed by atoms with Crippen LogP contribution in [0.3, 0.4) is 0 Å². The van der Waals surface area contributed by atoms with Gasteiger partial charge < -0.3 is 9.64 Å². The Bertz CT molecular complexity index is 709. The number of cyclic esters (lactones) is 1. The van der Waals surface area contributed by atoms with Crippen LogP contribution in [0.15, 0.2) is 47.2 Å². The Labute approximate surface area is 126 Å². The maximum Gasteiger partial charge on any atom is 0.332 e. The van der Waals surface area contributed by atoms with Crippen molar-refractivity contribution in [2.75, 3.05) is 6.61 Å². The number of morpholine rings is 1. The fourth-order valence-electron chi connectivity index (χ4n) is 2.93. The van der Waals surface area contributed by atoms with Crippen LogP contribution in [0.25, 0.3) is 10.4 Å². The molecule has 1 saturated heterocycles. The standard InChI is InChI=1S/C15H14N4O3/c1-15-8-7-11(17-18-16)13(20)19(15)12(9-22-14(15)21)10-5-3-2-4-6-10/h2-7,12H,8-9H2,1H3/t12-,15+/m0/s1. The highest BCUT2D eigenvalue weighted by Gasteiger charge is 2.52. The van der Waals surface area contributed by atoms with Crippen LogP contribution in [-0.2, 0) is 14.3 Å². The highest BCUT2D eigenvalue weighted by atomic mass is 16.5. The van der Waals surface area contributed by atoms with Gasteiger partial charge in [-0.05, 0) is 18.0 Å². The van der Waals surface area contributed by atoms with E-state index in [-0.39, 0.29) is 18.7 Å². The molecule has 1 fully saturated rings. The summed E-state index contributed by atoms with van der Waals surface area (Å²) in [5.74, 6) is -0.888. The summed E-state index contributed by atoms with van der Waals surface area (Å²) in [6, 6.07) is 8.96. The minimum atomic E-state index is -1.08. The average Bonchev–Trinajstić information content (AvgIpc) is 2.53. The second-order valence-corrected chi connectivity index (χ2v) is 5.46. The fraction of sp³-hybridized carbons (Fsp3) is 0.333. The van der Waals surface area contributed by atoms with Gasteiger partial charge in [0.25, 0.3) is 5.91 Å². The first-order valence-corrected chi connectivity index (χ1v) is 6.89. The lowest BCUT2D eigenvalue weighted by Crippen LogP contribution is -2.62. The van der Waals surface area contributed by atoms with E-state index in [2.05, 4.69) is 10.0 Å². The number of nitrogens with zero attached hydrogens (tertiary/aromatic N) is 4. The third kappa shape index (κ3) is 2.03. The highest BCUT2D eigenvalue weighted by Crippen LogP contribution is 2.40. The first kappa shape index (κ1) is 14.2. The molecule has 0 spiro atoms. The molecule has 0 aliphatic carbocycles. The summed E-state index contributed by atoms with van der Waals surface area (Å²) in [6.45, 7) is 1.76. The van der Waals surface area contributed by atoms with Gasteiger partial charge in [-0.2, -0.15) is 0 Å². The third-order valence-electron chi connectivity index (χ3n) is 4.12. The van der Waals surface area contributed by atoms with Crippen LogP contribution in [-0.4, -0.2) is 28.9 Å². The van der Waals surface area contributed by atoms with Crippen LogP contribution in [0.5, 0.6) is 0 Å². The van der Waals surface area contributed by atoms with E-state index in [0.29, 0.717) is 0 Å². The van der Waals surface area contributed by atoms with Gasteiger partial charge >= 0.3 is 5.97 Å². The van der Waals surface area contributed by atoms with E-state index in [0.717, 1.165) is 5.56 Å². The van der Waals surface area contributed by atoms with E-state index in [1.54, 1.807) is 6.92 Å². The molecule has 2 atom stereocenters. The molecule has 7 nitrogen and oxygen atoms in total. The van der Waals surface area contributed by atoms with Crippen LogP contribution in [0.2, 0.25) is 0 Å². The van der Waals surface area contributed by atoms with Crippen molar-refractivity contribution in [3.63, 3.8) is 0 Å². The summed E-state index contributed by atoms with van der Waals surface area (Å²) < 4.78 is 5.30. The lowest BCUT2D eigenvalue weighted by Gasteiger charge is -2.49. The fourth-order valence-corrected chi connectivity index (χ4v) is 2.93. The van der Waals surface area contributed by atoms with Gasteiger partial charge in [0.15, 0.2) is 0 Å². The molecule has 2 aliphatic heterocycles. The lowest BCUT2D eigenvalue weighted by molar-refractivity contribution is -0.180. The van der Waals surface area contributed by atoms with Gasteiger partial charge in [0.1, 0.15) is 12.1 Å². The van der Waals surface area contributed by atoms with Crippen LogP contribution in [0, 0.1) is 0 Å². The first-order chi connectivity index (χ1) is 10.6. The number of carbonyl (C=O) groups is 2. The average molecular weight is 298 g/mol. The largest absolute Gasteiger partial charge is 0.461 e. The van der Waals surface area contributed by atoms with E-state index in [1.807, 2.05) is 30.3 Å². The molecule has 1 aromatic carbocycles. The molecule has 1 amide bonds. The van der Waals surface area contributed by atoms with E-state index in [4.69, 9.17) is 10.3 Å². The monoisotopic (exact) mass is 298 g/mol. The van der Waals surface area contributed by atoms with Crippen molar-refractivity contribution >= 4 is 11.9 Å². The van der Waals surface area contributed by atoms with Crippen LogP contribution >= 0.6 is 0 Å². The molecular formula is C15H14N4O3. The number of amides is 1. The number of esters is 1. The molecule has 0 N–H and O–H groups in total. The summed E-state index contributed by atoms with van der Waals surface area (Å²) in [5.41, 5.74) is 8.40. The number of fused-ring (bicyclic) bond motifs is 1. The Balaban J connectivity index is 2.09. The van der Waals surface area contributed by atoms with Crippen molar-refractivity contribution in [3.8, 4) is 0 Å². The summed E-state index contributed by atoms with van der Waals surface area (Å²) in [5, 5.41) is 3.44. The minimum absolute atomic E-state index is 0.0237. The van der Waals surface area contributed by atoms with Crippen molar-refractivity contribution in [2.24, 2.45) is 5.11 Å². The van der Waals surface area contributed by atoms with Crippen molar-refractivity contribution in [1.29, 1.82) is 0 Å². The van der Waals surface area contributed by atoms with Gasteiger partial charge in [-0.25, -0.2) is 4.79 Å². The molecule has 0 unspecified atom stereocenters. The number of hydrogen-bond donors (Lipinski definition) is 0. The normalized spacial score (nSPS) is 27.4. The Morgan fingerprint density at radius 3 is 2.77 bits per heavy atom. The molecule has 7 heteroatoms. The SMILES string of the molecule is C[C@]12CC=C(N=[N+]=[N-])C(=O)N1[C@H](c1ccccc1)COC2=O. The van der Waals surface area contributed by atoms with Crippen molar-refractivity contribution in [3.05, 3.63) is 58.1 Å². The number of hydrogen-bond acceptors (Lipinski definition) is 4. The predicted octanol–water partition coefficient (Wildman–Crippen LogP) is 2.47. The quantitative estimate of drug-likeness (QED) is 0.363. The highest BCUT2D eigenvalue weighted by molar-refractivity contribution is 5.99. The molecule has 2 aliphatic rings. The topological polar surface area (TPSA) is 95.4 Å². The van der Waals surface area contributed by atoms with Gasteiger partial charge in [0, 0.05) is 11.3 Å². The lowest BCUT2D eigenvalue weighted by atomic mass is 9.86. The second kappa shape index (κ2) is 5.20. The summed E-state index contributed by atoms with van der Waals surface area (Å²) in [4.78, 5) is 29.0. The Morgan fingerprint density at radius 1 is 1.36 bits per heavy atom. The third-order valence-corrected chi connectivity index (χ3v) is 4.12. The zero-order valence-electron chi connectivity index (χ0n) is 12.0. The number of benzene rings is 1. The molecule has 1 aromatic rings. The second-order valence-electron chi connectivity index (χ2n) is 5.46. The Kier molecular flexibility index (Phi) is 3.35. The van der Waals surface area contributed by atoms with E-state index >= 15 is 0 Å². The molecule has 0 saturated carbocycles. The summed E-state index contributed by atoms with van der Waals surface area (Å²) >= 11 is 0. The van der Waals surface area contributed by atoms with Gasteiger partial charge in [-0.1, -0.05) is 41.5 Å². The van der Waals surface area contributed by atoms with Crippen LogP contribution in [0.4, 0.5) is 0 Å². The van der Waals surface area contributed by atoms with E-state index < -0.39 is 23.5 Å². The molecule has 0 bridgehead atoms.